The van der Waals surface area contributed by atoms with Gasteiger partial charge in [-0.25, -0.2) is 4.98 Å². The van der Waals surface area contributed by atoms with E-state index in [-0.39, 0.29) is 0 Å². The summed E-state index contributed by atoms with van der Waals surface area (Å²) in [6.45, 7) is 6.36. The highest BCUT2D eigenvalue weighted by atomic mass is 32.1. The number of benzene rings is 1. The van der Waals surface area contributed by atoms with Crippen molar-refractivity contribution in [1.82, 2.24) is 4.98 Å². The van der Waals surface area contributed by atoms with Crippen LogP contribution in [0.1, 0.15) is 16.7 Å². The molecule has 1 aromatic heterocycles. The Morgan fingerprint density at radius 2 is 1.73 bits per heavy atom. The molecule has 0 amide bonds. The molecular weight excluding hydrogens is 204 g/mol. The fourth-order valence-electron chi connectivity index (χ4n) is 1.60. The van der Waals surface area contributed by atoms with Crippen molar-refractivity contribution in [3.8, 4) is 10.6 Å². The first-order chi connectivity index (χ1) is 7.08. The van der Waals surface area contributed by atoms with E-state index in [1.807, 2.05) is 5.38 Å². The Hall–Kier alpha value is -1.35. The van der Waals surface area contributed by atoms with E-state index in [0.29, 0.717) is 5.82 Å². The molecule has 2 aromatic rings. The van der Waals surface area contributed by atoms with E-state index in [9.17, 15) is 0 Å². The van der Waals surface area contributed by atoms with E-state index in [1.165, 1.54) is 22.3 Å². The van der Waals surface area contributed by atoms with Gasteiger partial charge < -0.3 is 5.73 Å². The second-order valence-electron chi connectivity index (χ2n) is 3.83. The third kappa shape index (κ3) is 1.88. The molecule has 0 unspecified atom stereocenters. The van der Waals surface area contributed by atoms with Gasteiger partial charge in [-0.3, -0.25) is 0 Å². The predicted octanol–water partition coefficient (Wildman–Crippen LogP) is 3.32. The standard InChI is InChI=1S/C12H14N2S/c1-7-4-9(3)10(5-8(7)2)12-14-11(13)6-15-12/h4-6H,13H2,1-3H3. The van der Waals surface area contributed by atoms with Gasteiger partial charge in [0.15, 0.2) is 0 Å². The fraction of sp³-hybridized carbons (Fsp3) is 0.250. The Balaban J connectivity index is 2.58. The highest BCUT2D eigenvalue weighted by molar-refractivity contribution is 7.13. The number of nitrogen functional groups attached to an aromatic ring is 1. The Bertz CT molecular complexity index is 500. The number of anilines is 1. The molecule has 0 aliphatic carbocycles. The number of aryl methyl sites for hydroxylation is 3. The quantitative estimate of drug-likeness (QED) is 0.797. The van der Waals surface area contributed by atoms with Crippen molar-refractivity contribution >= 4 is 17.2 Å². The topological polar surface area (TPSA) is 38.9 Å². The molecule has 0 radical (unpaired) electrons. The lowest BCUT2D eigenvalue weighted by atomic mass is 10.0. The van der Waals surface area contributed by atoms with Crippen LogP contribution in [0.25, 0.3) is 10.6 Å². The van der Waals surface area contributed by atoms with Crippen molar-refractivity contribution < 1.29 is 0 Å². The fourth-order valence-corrected chi connectivity index (χ4v) is 2.39. The molecule has 0 saturated carbocycles. The smallest absolute Gasteiger partial charge is 0.135 e. The van der Waals surface area contributed by atoms with Crippen molar-refractivity contribution in [2.45, 2.75) is 20.8 Å². The van der Waals surface area contributed by atoms with Crippen molar-refractivity contribution in [1.29, 1.82) is 0 Å². The maximum atomic E-state index is 5.63. The summed E-state index contributed by atoms with van der Waals surface area (Å²) in [4.78, 5) is 4.31. The maximum absolute atomic E-state index is 5.63. The Labute approximate surface area is 93.8 Å². The van der Waals surface area contributed by atoms with Gasteiger partial charge in [-0.15, -0.1) is 11.3 Å². The van der Waals surface area contributed by atoms with Crippen LogP contribution in [0.3, 0.4) is 0 Å². The van der Waals surface area contributed by atoms with Gasteiger partial charge in [-0.05, 0) is 43.5 Å². The van der Waals surface area contributed by atoms with E-state index in [4.69, 9.17) is 5.73 Å². The summed E-state index contributed by atoms with van der Waals surface area (Å²) in [6.07, 6.45) is 0. The number of aromatic nitrogens is 1. The van der Waals surface area contributed by atoms with E-state index < -0.39 is 0 Å². The summed E-state index contributed by atoms with van der Waals surface area (Å²) >= 11 is 1.60. The summed E-state index contributed by atoms with van der Waals surface area (Å²) < 4.78 is 0. The van der Waals surface area contributed by atoms with Crippen LogP contribution in [0.15, 0.2) is 17.5 Å². The molecule has 0 fully saturated rings. The Kier molecular flexibility index (Phi) is 2.49. The lowest BCUT2D eigenvalue weighted by Gasteiger charge is -2.06. The van der Waals surface area contributed by atoms with Gasteiger partial charge in [0, 0.05) is 10.9 Å². The Morgan fingerprint density at radius 3 is 2.33 bits per heavy atom. The normalized spacial score (nSPS) is 10.6. The molecule has 0 aliphatic heterocycles. The minimum atomic E-state index is 0.604. The van der Waals surface area contributed by atoms with E-state index in [0.717, 1.165) is 5.01 Å². The van der Waals surface area contributed by atoms with Crippen LogP contribution < -0.4 is 5.73 Å². The molecule has 0 spiro atoms. The van der Waals surface area contributed by atoms with Gasteiger partial charge >= 0.3 is 0 Å². The summed E-state index contributed by atoms with van der Waals surface area (Å²) in [7, 11) is 0. The number of hydrogen-bond acceptors (Lipinski definition) is 3. The second kappa shape index (κ2) is 3.66. The largest absolute Gasteiger partial charge is 0.383 e. The van der Waals surface area contributed by atoms with Crippen molar-refractivity contribution in [2.24, 2.45) is 0 Å². The van der Waals surface area contributed by atoms with Gasteiger partial charge in [0.25, 0.3) is 0 Å². The number of thiazole rings is 1. The summed E-state index contributed by atoms with van der Waals surface area (Å²) in [5, 5.41) is 2.89. The van der Waals surface area contributed by atoms with Crippen LogP contribution in [0, 0.1) is 20.8 Å². The SMILES string of the molecule is Cc1cc(C)c(-c2nc(N)cs2)cc1C. The molecule has 2 nitrogen and oxygen atoms in total. The number of nitrogens with two attached hydrogens (primary N) is 1. The minimum Gasteiger partial charge on any atom is -0.383 e. The second-order valence-corrected chi connectivity index (χ2v) is 4.69. The van der Waals surface area contributed by atoms with Crippen molar-refractivity contribution in [3.63, 3.8) is 0 Å². The monoisotopic (exact) mass is 218 g/mol. The predicted molar refractivity (Wildman–Crippen MR) is 66.2 cm³/mol. The first-order valence-corrected chi connectivity index (χ1v) is 5.75. The first kappa shape index (κ1) is 10.2. The third-order valence-corrected chi connectivity index (χ3v) is 3.49. The lowest BCUT2D eigenvalue weighted by Crippen LogP contribution is -1.89. The van der Waals surface area contributed by atoms with Crippen LogP contribution in [-0.2, 0) is 0 Å². The van der Waals surface area contributed by atoms with Crippen LogP contribution in [-0.4, -0.2) is 4.98 Å². The van der Waals surface area contributed by atoms with Gasteiger partial charge in [-0.2, -0.15) is 0 Å². The van der Waals surface area contributed by atoms with Crippen LogP contribution >= 0.6 is 11.3 Å². The van der Waals surface area contributed by atoms with Gasteiger partial charge in [0.05, 0.1) is 0 Å². The highest BCUT2D eigenvalue weighted by Crippen LogP contribution is 2.29. The number of rotatable bonds is 1. The zero-order valence-corrected chi connectivity index (χ0v) is 9.98. The molecule has 0 aliphatic rings. The number of hydrogen-bond donors (Lipinski definition) is 1. The molecule has 15 heavy (non-hydrogen) atoms. The highest BCUT2D eigenvalue weighted by Gasteiger charge is 2.07. The van der Waals surface area contributed by atoms with E-state index >= 15 is 0 Å². The molecule has 2 rings (SSSR count). The summed E-state index contributed by atoms with van der Waals surface area (Å²) in [5.41, 5.74) is 10.7. The summed E-state index contributed by atoms with van der Waals surface area (Å²) in [6, 6.07) is 4.38. The average molecular weight is 218 g/mol. The van der Waals surface area contributed by atoms with Crippen molar-refractivity contribution in [3.05, 3.63) is 34.2 Å². The Morgan fingerprint density at radius 1 is 1.07 bits per heavy atom. The van der Waals surface area contributed by atoms with Gasteiger partial charge in [-0.1, -0.05) is 6.07 Å². The van der Waals surface area contributed by atoms with Crippen LogP contribution in [0.4, 0.5) is 5.82 Å². The lowest BCUT2D eigenvalue weighted by molar-refractivity contribution is 1.29. The zero-order valence-electron chi connectivity index (χ0n) is 9.16. The molecule has 0 saturated heterocycles. The molecule has 0 bridgehead atoms. The molecule has 78 valence electrons. The molecular formula is C12H14N2S. The summed E-state index contributed by atoms with van der Waals surface area (Å²) in [5.74, 6) is 0.604. The maximum Gasteiger partial charge on any atom is 0.135 e. The van der Waals surface area contributed by atoms with Gasteiger partial charge in [0.1, 0.15) is 10.8 Å². The molecule has 1 aromatic carbocycles. The average Bonchev–Trinajstić information content (AvgIpc) is 2.58. The van der Waals surface area contributed by atoms with E-state index in [2.05, 4.69) is 37.9 Å². The first-order valence-electron chi connectivity index (χ1n) is 4.87. The van der Waals surface area contributed by atoms with Crippen LogP contribution in [0.2, 0.25) is 0 Å². The minimum absolute atomic E-state index is 0.604. The molecule has 2 N–H and O–H groups in total. The van der Waals surface area contributed by atoms with Crippen molar-refractivity contribution in [2.75, 3.05) is 5.73 Å². The third-order valence-electron chi connectivity index (χ3n) is 2.59. The molecule has 0 atom stereocenters. The van der Waals surface area contributed by atoms with Gasteiger partial charge in [0.2, 0.25) is 0 Å². The number of nitrogens with zero attached hydrogens (tertiary/aromatic N) is 1. The molecule has 1 heterocycles. The zero-order chi connectivity index (χ0) is 11.0. The molecule has 3 heteroatoms. The van der Waals surface area contributed by atoms with E-state index in [1.54, 1.807) is 11.3 Å². The van der Waals surface area contributed by atoms with Crippen LogP contribution in [0.5, 0.6) is 0 Å².